The fraction of sp³-hybridized carbons (Fsp3) is 0.562. The predicted molar refractivity (Wildman–Crippen MR) is 161 cm³/mol. The zero-order valence-corrected chi connectivity index (χ0v) is 24.9. The quantitative estimate of drug-likeness (QED) is 0.328. The largest absolute Gasteiger partial charge is 0.480 e. The fourth-order valence-electron chi connectivity index (χ4n) is 5.90. The molecular formula is C32H44N2O5S. The van der Waals surface area contributed by atoms with Gasteiger partial charge in [-0.15, -0.1) is 0 Å². The normalized spacial score (nSPS) is 20.9. The lowest BCUT2D eigenvalue weighted by atomic mass is 9.93. The second kappa shape index (κ2) is 15.0. The minimum Gasteiger partial charge on any atom is -0.480 e. The van der Waals surface area contributed by atoms with Crippen molar-refractivity contribution in [2.45, 2.75) is 82.7 Å². The predicted octanol–water partition coefficient (Wildman–Crippen LogP) is 5.54. The molecule has 1 saturated carbocycles. The van der Waals surface area contributed by atoms with Crippen molar-refractivity contribution in [2.24, 2.45) is 0 Å². The topological polar surface area (TPSA) is 88.1 Å². The number of benzene rings is 2. The molecule has 2 fully saturated rings. The van der Waals surface area contributed by atoms with Crippen molar-refractivity contribution in [2.75, 3.05) is 32.3 Å². The SMILES string of the molecule is CO[C@@H]1C[C@H](COC2CCCCC2)N(Cc2ccc(C(=O)N[C@@H](CCSC)C(=O)O)c(-c3ccccc3C)c2)C1. The summed E-state index contributed by atoms with van der Waals surface area (Å²) in [5.41, 5.74) is 4.44. The van der Waals surface area contributed by atoms with Crippen LogP contribution in [0.4, 0.5) is 0 Å². The van der Waals surface area contributed by atoms with Gasteiger partial charge in [0, 0.05) is 31.8 Å². The molecule has 0 radical (unpaired) electrons. The van der Waals surface area contributed by atoms with E-state index >= 15 is 0 Å². The van der Waals surface area contributed by atoms with Gasteiger partial charge in [-0.05, 0) is 79.0 Å². The van der Waals surface area contributed by atoms with Gasteiger partial charge in [0.25, 0.3) is 5.91 Å². The van der Waals surface area contributed by atoms with Gasteiger partial charge in [-0.25, -0.2) is 4.79 Å². The lowest BCUT2D eigenvalue weighted by Gasteiger charge is -2.28. The number of carbonyl (C=O) groups excluding carboxylic acids is 1. The minimum absolute atomic E-state index is 0.176. The molecule has 7 nitrogen and oxygen atoms in total. The first kappa shape index (κ1) is 30.6. The van der Waals surface area contributed by atoms with Crippen LogP contribution < -0.4 is 5.32 Å². The van der Waals surface area contributed by atoms with Crippen molar-refractivity contribution in [3.8, 4) is 11.1 Å². The van der Waals surface area contributed by atoms with Gasteiger partial charge < -0.3 is 19.9 Å². The first-order valence-electron chi connectivity index (χ1n) is 14.5. The van der Waals surface area contributed by atoms with Gasteiger partial charge in [0.2, 0.25) is 0 Å². The van der Waals surface area contributed by atoms with E-state index in [2.05, 4.69) is 16.3 Å². The van der Waals surface area contributed by atoms with Crippen LogP contribution in [0, 0.1) is 6.92 Å². The van der Waals surface area contributed by atoms with Gasteiger partial charge >= 0.3 is 5.97 Å². The van der Waals surface area contributed by atoms with Crippen molar-refractivity contribution < 1.29 is 24.2 Å². The molecule has 1 aliphatic carbocycles. The van der Waals surface area contributed by atoms with Crippen LogP contribution in [0.15, 0.2) is 42.5 Å². The van der Waals surface area contributed by atoms with Crippen molar-refractivity contribution in [1.82, 2.24) is 10.2 Å². The summed E-state index contributed by atoms with van der Waals surface area (Å²) in [7, 11) is 1.78. The summed E-state index contributed by atoms with van der Waals surface area (Å²) >= 11 is 1.57. The maximum atomic E-state index is 13.4. The third-order valence-corrected chi connectivity index (χ3v) is 8.91. The summed E-state index contributed by atoms with van der Waals surface area (Å²) in [6.07, 6.45) is 9.93. The number of rotatable bonds is 13. The van der Waals surface area contributed by atoms with E-state index in [1.165, 1.54) is 19.3 Å². The second-order valence-electron chi connectivity index (χ2n) is 11.1. The number of carboxylic acid groups (broad SMARTS) is 1. The van der Waals surface area contributed by atoms with Gasteiger partial charge in [0.15, 0.2) is 0 Å². The van der Waals surface area contributed by atoms with Crippen LogP contribution >= 0.6 is 11.8 Å². The first-order valence-corrected chi connectivity index (χ1v) is 15.9. The molecule has 8 heteroatoms. The first-order chi connectivity index (χ1) is 19.4. The molecule has 1 saturated heterocycles. The van der Waals surface area contributed by atoms with Gasteiger partial charge in [-0.3, -0.25) is 9.69 Å². The van der Waals surface area contributed by atoms with E-state index < -0.39 is 12.0 Å². The van der Waals surface area contributed by atoms with E-state index in [-0.39, 0.29) is 18.1 Å². The highest BCUT2D eigenvalue weighted by Gasteiger charge is 2.33. The molecule has 3 atom stereocenters. The number of carbonyl (C=O) groups is 2. The highest BCUT2D eigenvalue weighted by atomic mass is 32.2. The average molecular weight is 569 g/mol. The Labute approximate surface area is 243 Å². The van der Waals surface area contributed by atoms with Gasteiger partial charge in [-0.1, -0.05) is 49.6 Å². The molecule has 4 rings (SSSR count). The highest BCUT2D eigenvalue weighted by molar-refractivity contribution is 7.98. The molecule has 2 aromatic rings. The third kappa shape index (κ3) is 8.09. The molecule has 0 bridgehead atoms. The Bertz CT molecular complexity index is 1140. The number of carboxylic acids is 1. The molecule has 0 unspecified atom stereocenters. The Morgan fingerprint density at radius 1 is 1.10 bits per heavy atom. The van der Waals surface area contributed by atoms with E-state index in [9.17, 15) is 14.7 Å². The molecule has 218 valence electrons. The number of nitrogens with zero attached hydrogens (tertiary/aromatic N) is 1. The van der Waals surface area contributed by atoms with Crippen LogP contribution in [0.2, 0.25) is 0 Å². The number of thioether (sulfide) groups is 1. The van der Waals surface area contributed by atoms with Gasteiger partial charge in [-0.2, -0.15) is 11.8 Å². The summed E-state index contributed by atoms with van der Waals surface area (Å²) in [5.74, 6) is -0.720. The standard InChI is InChI=1S/C32H44N2O5S/c1-22-9-7-8-12-27(22)29-17-23(13-14-28(29)31(35)33-30(32(36)37)15-16-40-3)19-34-20-26(38-2)18-24(34)21-39-25-10-5-4-6-11-25/h7-9,12-14,17,24-26,30H,4-6,10-11,15-16,18-21H2,1-3H3,(H,33,35)(H,36,37)/t24-,26-,30+/m1/s1. The van der Waals surface area contributed by atoms with E-state index in [0.29, 0.717) is 30.4 Å². The van der Waals surface area contributed by atoms with Crippen molar-refractivity contribution in [1.29, 1.82) is 0 Å². The third-order valence-electron chi connectivity index (χ3n) is 8.26. The lowest BCUT2D eigenvalue weighted by molar-refractivity contribution is -0.139. The lowest BCUT2D eigenvalue weighted by Crippen LogP contribution is -2.41. The van der Waals surface area contributed by atoms with Crippen molar-refractivity contribution in [3.05, 3.63) is 59.2 Å². The molecular weight excluding hydrogens is 524 g/mol. The smallest absolute Gasteiger partial charge is 0.326 e. The second-order valence-corrected chi connectivity index (χ2v) is 12.1. The zero-order chi connectivity index (χ0) is 28.5. The number of hydrogen-bond acceptors (Lipinski definition) is 6. The van der Waals surface area contributed by atoms with Crippen molar-refractivity contribution in [3.63, 3.8) is 0 Å². The fourth-order valence-corrected chi connectivity index (χ4v) is 6.38. The summed E-state index contributed by atoms with van der Waals surface area (Å²) in [5, 5.41) is 12.4. The maximum absolute atomic E-state index is 13.4. The van der Waals surface area contributed by atoms with Gasteiger partial charge in [0.05, 0.1) is 18.8 Å². The average Bonchev–Trinajstić information content (AvgIpc) is 3.36. The number of amides is 1. The number of likely N-dealkylation sites (tertiary alicyclic amines) is 1. The Balaban J connectivity index is 1.56. The summed E-state index contributed by atoms with van der Waals surface area (Å²) in [4.78, 5) is 27.7. The Morgan fingerprint density at radius 3 is 2.58 bits per heavy atom. The number of nitrogens with one attached hydrogen (secondary N) is 1. The monoisotopic (exact) mass is 568 g/mol. The number of hydrogen-bond donors (Lipinski definition) is 2. The summed E-state index contributed by atoms with van der Waals surface area (Å²) in [6.45, 7) is 4.31. The Hall–Kier alpha value is -2.39. The Morgan fingerprint density at radius 2 is 1.88 bits per heavy atom. The molecule has 0 aromatic heterocycles. The van der Waals surface area contributed by atoms with Crippen molar-refractivity contribution >= 4 is 23.6 Å². The molecule has 1 aliphatic heterocycles. The molecule has 2 aromatic carbocycles. The minimum atomic E-state index is -1.01. The molecule has 2 aliphatic rings. The molecule has 0 spiro atoms. The van der Waals surface area contributed by atoms with E-state index in [4.69, 9.17) is 9.47 Å². The highest BCUT2D eigenvalue weighted by Crippen LogP contribution is 2.31. The number of methoxy groups -OCH3 is 1. The van der Waals surface area contributed by atoms with E-state index in [0.717, 1.165) is 54.6 Å². The van der Waals surface area contributed by atoms with Crippen LogP contribution in [0.3, 0.4) is 0 Å². The van der Waals surface area contributed by atoms with E-state index in [1.54, 1.807) is 18.9 Å². The van der Waals surface area contributed by atoms with Gasteiger partial charge in [0.1, 0.15) is 6.04 Å². The molecule has 1 heterocycles. The Kier molecular flexibility index (Phi) is 11.5. The van der Waals surface area contributed by atoms with Crippen LogP contribution in [0.1, 0.15) is 66.4 Å². The van der Waals surface area contributed by atoms with E-state index in [1.807, 2.05) is 49.6 Å². The molecule has 2 N–H and O–H groups in total. The zero-order valence-electron chi connectivity index (χ0n) is 24.1. The van der Waals surface area contributed by atoms with Crippen LogP contribution in [-0.4, -0.2) is 78.4 Å². The maximum Gasteiger partial charge on any atom is 0.326 e. The number of ether oxygens (including phenoxy) is 2. The number of aryl methyl sites for hydroxylation is 1. The summed E-state index contributed by atoms with van der Waals surface area (Å²) < 4.78 is 12.1. The number of aliphatic carboxylic acids is 1. The van der Waals surface area contributed by atoms with Crippen LogP contribution in [-0.2, 0) is 20.8 Å². The van der Waals surface area contributed by atoms with Crippen LogP contribution in [0.25, 0.3) is 11.1 Å². The molecule has 1 amide bonds. The summed E-state index contributed by atoms with van der Waals surface area (Å²) in [6, 6.07) is 13.3. The van der Waals surface area contributed by atoms with Crippen LogP contribution in [0.5, 0.6) is 0 Å². The molecule has 40 heavy (non-hydrogen) atoms.